The van der Waals surface area contributed by atoms with E-state index >= 15 is 0 Å². The monoisotopic (exact) mass is 329 g/mol. The topological polar surface area (TPSA) is 29.9 Å². The SMILES string of the molecule is CNC(C)c1ccc(-n2cnc3ccccc32)cc1Br. The second-order valence-electron chi connectivity index (χ2n) is 4.82. The summed E-state index contributed by atoms with van der Waals surface area (Å²) in [5.74, 6) is 0. The molecule has 1 unspecified atom stereocenters. The molecule has 1 atom stereocenters. The van der Waals surface area contributed by atoms with Crippen LogP contribution in [0.3, 0.4) is 0 Å². The molecule has 0 saturated heterocycles. The van der Waals surface area contributed by atoms with Gasteiger partial charge >= 0.3 is 0 Å². The highest BCUT2D eigenvalue weighted by atomic mass is 79.9. The zero-order chi connectivity index (χ0) is 14.1. The van der Waals surface area contributed by atoms with Crippen LogP contribution in [0.2, 0.25) is 0 Å². The van der Waals surface area contributed by atoms with Gasteiger partial charge in [0.2, 0.25) is 0 Å². The van der Waals surface area contributed by atoms with Gasteiger partial charge in [-0.15, -0.1) is 0 Å². The molecule has 0 bridgehead atoms. The molecule has 0 saturated carbocycles. The number of rotatable bonds is 3. The Balaban J connectivity index is 2.09. The molecule has 0 spiro atoms. The third-order valence-corrected chi connectivity index (χ3v) is 4.30. The maximum atomic E-state index is 4.43. The van der Waals surface area contributed by atoms with E-state index in [1.807, 2.05) is 31.6 Å². The number of fused-ring (bicyclic) bond motifs is 1. The van der Waals surface area contributed by atoms with Crippen molar-refractivity contribution in [3.8, 4) is 5.69 Å². The minimum absolute atomic E-state index is 0.318. The lowest BCUT2D eigenvalue weighted by atomic mass is 10.1. The quantitative estimate of drug-likeness (QED) is 0.785. The molecule has 1 heterocycles. The van der Waals surface area contributed by atoms with Crippen molar-refractivity contribution in [3.63, 3.8) is 0 Å². The van der Waals surface area contributed by atoms with Gasteiger partial charge in [-0.25, -0.2) is 4.98 Å². The Labute approximate surface area is 126 Å². The van der Waals surface area contributed by atoms with Crippen LogP contribution < -0.4 is 5.32 Å². The van der Waals surface area contributed by atoms with Gasteiger partial charge in [-0.1, -0.05) is 34.1 Å². The molecule has 0 fully saturated rings. The number of nitrogens with one attached hydrogen (secondary N) is 1. The van der Waals surface area contributed by atoms with Gasteiger partial charge in [0, 0.05) is 16.2 Å². The van der Waals surface area contributed by atoms with Crippen molar-refractivity contribution in [3.05, 3.63) is 58.8 Å². The molecule has 0 aliphatic heterocycles. The van der Waals surface area contributed by atoms with E-state index < -0.39 is 0 Å². The third kappa shape index (κ3) is 2.25. The largest absolute Gasteiger partial charge is 0.313 e. The van der Waals surface area contributed by atoms with Gasteiger partial charge in [-0.05, 0) is 43.8 Å². The molecule has 1 aromatic heterocycles. The van der Waals surface area contributed by atoms with Gasteiger partial charge in [0.05, 0.1) is 11.0 Å². The number of nitrogens with zero attached hydrogens (tertiary/aromatic N) is 2. The van der Waals surface area contributed by atoms with E-state index in [-0.39, 0.29) is 0 Å². The van der Waals surface area contributed by atoms with Crippen LogP contribution in [0.5, 0.6) is 0 Å². The van der Waals surface area contributed by atoms with E-state index in [4.69, 9.17) is 0 Å². The Morgan fingerprint density at radius 2 is 2.00 bits per heavy atom. The molecular formula is C16H16BrN3. The van der Waals surface area contributed by atoms with Crippen molar-refractivity contribution in [1.29, 1.82) is 0 Å². The molecule has 3 rings (SSSR count). The number of para-hydroxylation sites is 2. The van der Waals surface area contributed by atoms with Gasteiger partial charge in [0.1, 0.15) is 6.33 Å². The zero-order valence-corrected chi connectivity index (χ0v) is 13.1. The van der Waals surface area contributed by atoms with Gasteiger partial charge in [-0.3, -0.25) is 4.57 Å². The van der Waals surface area contributed by atoms with Gasteiger partial charge < -0.3 is 5.32 Å². The molecule has 20 heavy (non-hydrogen) atoms. The van der Waals surface area contributed by atoms with E-state index in [2.05, 4.69) is 62.0 Å². The lowest BCUT2D eigenvalue weighted by molar-refractivity contribution is 0.649. The van der Waals surface area contributed by atoms with E-state index in [1.165, 1.54) is 5.56 Å². The van der Waals surface area contributed by atoms with Crippen molar-refractivity contribution in [2.75, 3.05) is 7.05 Å². The molecule has 0 radical (unpaired) electrons. The molecule has 3 nitrogen and oxygen atoms in total. The van der Waals surface area contributed by atoms with Gasteiger partial charge in [-0.2, -0.15) is 0 Å². The first-order valence-corrected chi connectivity index (χ1v) is 7.39. The average Bonchev–Trinajstić information content (AvgIpc) is 2.90. The lowest BCUT2D eigenvalue weighted by Gasteiger charge is -2.14. The Morgan fingerprint density at radius 1 is 1.20 bits per heavy atom. The Bertz CT molecular complexity index is 748. The highest BCUT2D eigenvalue weighted by molar-refractivity contribution is 9.10. The fourth-order valence-corrected chi connectivity index (χ4v) is 3.05. The first-order valence-electron chi connectivity index (χ1n) is 6.60. The van der Waals surface area contributed by atoms with Crippen LogP contribution in [0.4, 0.5) is 0 Å². The predicted molar refractivity (Wildman–Crippen MR) is 86.2 cm³/mol. The van der Waals surface area contributed by atoms with Crippen LogP contribution in [-0.4, -0.2) is 16.6 Å². The molecule has 0 amide bonds. The predicted octanol–water partition coefficient (Wildman–Crippen LogP) is 4.07. The van der Waals surface area contributed by atoms with Crippen molar-refractivity contribution in [2.45, 2.75) is 13.0 Å². The van der Waals surface area contributed by atoms with E-state index in [9.17, 15) is 0 Å². The summed E-state index contributed by atoms with van der Waals surface area (Å²) in [4.78, 5) is 4.43. The number of hydrogen-bond donors (Lipinski definition) is 1. The zero-order valence-electron chi connectivity index (χ0n) is 11.5. The number of aromatic nitrogens is 2. The van der Waals surface area contributed by atoms with E-state index in [0.717, 1.165) is 21.2 Å². The molecule has 102 valence electrons. The van der Waals surface area contributed by atoms with Gasteiger partial charge in [0.25, 0.3) is 0 Å². The van der Waals surface area contributed by atoms with Gasteiger partial charge in [0.15, 0.2) is 0 Å². The second kappa shape index (κ2) is 5.38. The smallest absolute Gasteiger partial charge is 0.100 e. The molecule has 0 aliphatic carbocycles. The van der Waals surface area contributed by atoms with Crippen LogP contribution >= 0.6 is 15.9 Å². The van der Waals surface area contributed by atoms with Crippen molar-refractivity contribution < 1.29 is 0 Å². The van der Waals surface area contributed by atoms with Crippen LogP contribution in [0.1, 0.15) is 18.5 Å². The number of imidazole rings is 1. The fourth-order valence-electron chi connectivity index (χ4n) is 2.34. The average molecular weight is 330 g/mol. The van der Waals surface area contributed by atoms with Crippen LogP contribution in [0.15, 0.2) is 53.3 Å². The first-order chi connectivity index (χ1) is 9.70. The maximum Gasteiger partial charge on any atom is 0.100 e. The molecule has 0 aliphatic rings. The van der Waals surface area contributed by atoms with Crippen molar-refractivity contribution >= 4 is 27.0 Å². The summed E-state index contributed by atoms with van der Waals surface area (Å²) in [5, 5.41) is 3.26. The highest BCUT2D eigenvalue weighted by Gasteiger charge is 2.10. The molecule has 3 aromatic rings. The van der Waals surface area contributed by atoms with Crippen molar-refractivity contribution in [1.82, 2.24) is 14.9 Å². The Kier molecular flexibility index (Phi) is 3.59. The van der Waals surface area contributed by atoms with Crippen molar-refractivity contribution in [2.24, 2.45) is 0 Å². The Hall–Kier alpha value is -1.65. The summed E-state index contributed by atoms with van der Waals surface area (Å²) in [6.07, 6.45) is 1.87. The second-order valence-corrected chi connectivity index (χ2v) is 5.67. The molecule has 4 heteroatoms. The summed E-state index contributed by atoms with van der Waals surface area (Å²) in [7, 11) is 1.97. The lowest BCUT2D eigenvalue weighted by Crippen LogP contribution is -2.12. The third-order valence-electron chi connectivity index (χ3n) is 3.62. The summed E-state index contributed by atoms with van der Waals surface area (Å²) < 4.78 is 3.21. The minimum atomic E-state index is 0.318. The maximum absolute atomic E-state index is 4.43. The Morgan fingerprint density at radius 3 is 2.75 bits per heavy atom. The summed E-state index contributed by atoms with van der Waals surface area (Å²) in [6, 6.07) is 14.9. The highest BCUT2D eigenvalue weighted by Crippen LogP contribution is 2.27. The van der Waals surface area contributed by atoms with Crippen LogP contribution in [0.25, 0.3) is 16.7 Å². The number of hydrogen-bond acceptors (Lipinski definition) is 2. The molecule has 2 aromatic carbocycles. The molecule has 1 N–H and O–H groups in total. The van der Waals surface area contributed by atoms with Crippen LogP contribution in [-0.2, 0) is 0 Å². The number of benzene rings is 2. The summed E-state index contributed by atoms with van der Waals surface area (Å²) in [5.41, 5.74) is 4.49. The summed E-state index contributed by atoms with van der Waals surface area (Å²) >= 11 is 3.66. The fraction of sp³-hybridized carbons (Fsp3) is 0.188. The normalized spacial score (nSPS) is 12.8. The standard InChI is InChI=1S/C16H16BrN3/c1-11(18-2)13-8-7-12(9-14(13)17)20-10-19-15-5-3-4-6-16(15)20/h3-11,18H,1-2H3. The molecular weight excluding hydrogens is 314 g/mol. The van der Waals surface area contributed by atoms with E-state index in [1.54, 1.807) is 0 Å². The number of halogens is 1. The summed E-state index contributed by atoms with van der Waals surface area (Å²) in [6.45, 7) is 2.15. The van der Waals surface area contributed by atoms with Crippen LogP contribution in [0, 0.1) is 0 Å². The first kappa shape index (κ1) is 13.3. The minimum Gasteiger partial charge on any atom is -0.313 e. The van der Waals surface area contributed by atoms with E-state index in [0.29, 0.717) is 6.04 Å².